The van der Waals surface area contributed by atoms with Crippen LogP contribution in [0, 0.1) is 29.6 Å². The van der Waals surface area contributed by atoms with Crippen LogP contribution in [0.2, 0.25) is 0 Å². The van der Waals surface area contributed by atoms with Crippen molar-refractivity contribution >= 4 is 21.6 Å². The maximum Gasteiger partial charge on any atom is 0.240 e. The van der Waals surface area contributed by atoms with E-state index in [2.05, 4.69) is 10.0 Å². The summed E-state index contributed by atoms with van der Waals surface area (Å²) in [5, 5.41) is 2.66. The number of sulfonamides is 1. The van der Waals surface area contributed by atoms with Gasteiger partial charge in [-0.25, -0.2) is 13.1 Å². The van der Waals surface area contributed by atoms with E-state index in [1.807, 2.05) is 6.92 Å². The van der Waals surface area contributed by atoms with Crippen LogP contribution in [0.25, 0.3) is 0 Å². The Morgan fingerprint density at radius 3 is 2.04 bits per heavy atom. The van der Waals surface area contributed by atoms with Gasteiger partial charge in [-0.2, -0.15) is 0 Å². The van der Waals surface area contributed by atoms with Crippen LogP contribution in [-0.2, 0) is 14.8 Å². The minimum Gasteiger partial charge on any atom is -0.326 e. The summed E-state index contributed by atoms with van der Waals surface area (Å²) >= 11 is 0. The van der Waals surface area contributed by atoms with E-state index in [0.717, 1.165) is 11.8 Å². The van der Waals surface area contributed by atoms with Crippen LogP contribution in [-0.4, -0.2) is 20.4 Å². The van der Waals surface area contributed by atoms with Gasteiger partial charge in [0.25, 0.3) is 0 Å². The molecule has 1 aromatic carbocycles. The minimum atomic E-state index is -3.55. The van der Waals surface area contributed by atoms with E-state index in [-0.39, 0.29) is 16.8 Å². The molecule has 1 aromatic rings. The number of hydrogen-bond donors (Lipinski definition) is 2. The zero-order valence-electron chi connectivity index (χ0n) is 15.4. The number of amides is 1. The van der Waals surface area contributed by atoms with Crippen molar-refractivity contribution in [3.63, 3.8) is 0 Å². The maximum atomic E-state index is 12.8. The van der Waals surface area contributed by atoms with E-state index in [9.17, 15) is 13.2 Å². The summed E-state index contributed by atoms with van der Waals surface area (Å²) in [6, 6.07) is 6.33. The molecule has 4 bridgehead atoms. The van der Waals surface area contributed by atoms with Gasteiger partial charge in [0.1, 0.15) is 0 Å². The third kappa shape index (κ3) is 3.41. The van der Waals surface area contributed by atoms with Crippen LogP contribution in [0.4, 0.5) is 5.69 Å². The fourth-order valence-electron chi connectivity index (χ4n) is 6.10. The SMILES string of the molecule is CC(=O)Nc1ccc(S(=O)(=O)NC(C)C2C3CC4CC(C3)CC2C4)cc1. The smallest absolute Gasteiger partial charge is 0.240 e. The lowest BCUT2D eigenvalue weighted by atomic mass is 9.51. The van der Waals surface area contributed by atoms with Gasteiger partial charge in [0.2, 0.25) is 15.9 Å². The Balaban J connectivity index is 1.46. The summed E-state index contributed by atoms with van der Waals surface area (Å²) in [4.78, 5) is 11.3. The molecule has 4 saturated carbocycles. The number of benzene rings is 1. The van der Waals surface area contributed by atoms with Crippen molar-refractivity contribution in [2.45, 2.75) is 56.9 Å². The fourth-order valence-corrected chi connectivity index (χ4v) is 7.37. The Hall–Kier alpha value is -1.40. The number of hydrogen-bond acceptors (Lipinski definition) is 3. The standard InChI is InChI=1S/C20H28N2O3S/c1-12(20-16-8-14-7-15(10-16)11-17(20)9-14)22-26(24,25)19-5-3-18(4-6-19)21-13(2)23/h3-6,12,14-17,20,22H,7-11H2,1-2H3,(H,21,23). The normalized spacial score (nSPS) is 33.8. The number of nitrogens with one attached hydrogen (secondary N) is 2. The van der Waals surface area contributed by atoms with Gasteiger partial charge in [-0.05, 0) is 92.9 Å². The monoisotopic (exact) mass is 376 g/mol. The highest BCUT2D eigenvalue weighted by molar-refractivity contribution is 7.89. The van der Waals surface area contributed by atoms with E-state index < -0.39 is 10.0 Å². The molecule has 4 aliphatic carbocycles. The average Bonchev–Trinajstić information content (AvgIpc) is 2.53. The molecule has 6 heteroatoms. The first kappa shape index (κ1) is 18.0. The first-order chi connectivity index (χ1) is 12.3. The Bertz CT molecular complexity index is 760. The molecule has 0 aromatic heterocycles. The number of carbonyl (C=O) groups excluding carboxylic acids is 1. The molecule has 0 heterocycles. The predicted octanol–water partition coefficient (Wildman–Crippen LogP) is 3.38. The zero-order chi connectivity index (χ0) is 18.5. The molecule has 1 amide bonds. The predicted molar refractivity (Wildman–Crippen MR) is 101 cm³/mol. The third-order valence-electron chi connectivity index (χ3n) is 6.70. The molecule has 0 aliphatic heterocycles. The van der Waals surface area contributed by atoms with Crippen LogP contribution >= 0.6 is 0 Å². The second-order valence-corrected chi connectivity index (χ2v) is 10.3. The molecule has 5 nitrogen and oxygen atoms in total. The molecule has 2 N–H and O–H groups in total. The van der Waals surface area contributed by atoms with E-state index >= 15 is 0 Å². The first-order valence-corrected chi connectivity index (χ1v) is 11.2. The number of rotatable bonds is 5. The highest BCUT2D eigenvalue weighted by Gasteiger charge is 2.50. The molecule has 0 spiro atoms. The second kappa shape index (κ2) is 6.64. The fraction of sp³-hybridized carbons (Fsp3) is 0.650. The zero-order valence-corrected chi connectivity index (χ0v) is 16.3. The van der Waals surface area contributed by atoms with E-state index in [4.69, 9.17) is 0 Å². The Morgan fingerprint density at radius 2 is 1.54 bits per heavy atom. The summed E-state index contributed by atoms with van der Waals surface area (Å²) in [5.74, 6) is 3.44. The van der Waals surface area contributed by atoms with Crippen LogP contribution in [0.5, 0.6) is 0 Å². The van der Waals surface area contributed by atoms with Crippen molar-refractivity contribution in [3.8, 4) is 0 Å². The van der Waals surface area contributed by atoms with Crippen LogP contribution < -0.4 is 10.0 Å². The van der Waals surface area contributed by atoms with E-state index in [0.29, 0.717) is 23.4 Å². The van der Waals surface area contributed by atoms with Crippen molar-refractivity contribution in [1.82, 2.24) is 4.72 Å². The van der Waals surface area contributed by atoms with Gasteiger partial charge in [0.15, 0.2) is 0 Å². The molecule has 26 heavy (non-hydrogen) atoms. The topological polar surface area (TPSA) is 75.3 Å². The largest absolute Gasteiger partial charge is 0.326 e. The third-order valence-corrected chi connectivity index (χ3v) is 8.28. The maximum absolute atomic E-state index is 12.8. The summed E-state index contributed by atoms with van der Waals surface area (Å²) < 4.78 is 28.6. The van der Waals surface area contributed by atoms with Gasteiger partial charge in [-0.15, -0.1) is 0 Å². The van der Waals surface area contributed by atoms with Gasteiger partial charge < -0.3 is 5.32 Å². The Labute approximate surface area is 156 Å². The van der Waals surface area contributed by atoms with Crippen molar-refractivity contribution < 1.29 is 13.2 Å². The van der Waals surface area contributed by atoms with Gasteiger partial charge in [0.05, 0.1) is 4.90 Å². The van der Waals surface area contributed by atoms with Crippen molar-refractivity contribution in [3.05, 3.63) is 24.3 Å². The molecular formula is C20H28N2O3S. The second-order valence-electron chi connectivity index (χ2n) is 8.62. The Morgan fingerprint density at radius 1 is 1.00 bits per heavy atom. The van der Waals surface area contributed by atoms with Gasteiger partial charge in [-0.3, -0.25) is 4.79 Å². The molecule has 4 aliphatic rings. The van der Waals surface area contributed by atoms with Crippen molar-refractivity contribution in [1.29, 1.82) is 0 Å². The van der Waals surface area contributed by atoms with E-state index in [1.54, 1.807) is 24.3 Å². The molecule has 0 radical (unpaired) electrons. The average molecular weight is 377 g/mol. The summed E-state index contributed by atoms with van der Waals surface area (Å²) in [7, 11) is -3.55. The van der Waals surface area contributed by atoms with Gasteiger partial charge in [-0.1, -0.05) is 0 Å². The lowest BCUT2D eigenvalue weighted by Gasteiger charge is -2.56. The highest BCUT2D eigenvalue weighted by atomic mass is 32.2. The quantitative estimate of drug-likeness (QED) is 0.827. The number of carbonyl (C=O) groups is 1. The first-order valence-electron chi connectivity index (χ1n) is 9.72. The van der Waals surface area contributed by atoms with E-state index in [1.165, 1.54) is 39.0 Å². The molecule has 1 unspecified atom stereocenters. The molecule has 4 fully saturated rings. The summed E-state index contributed by atoms with van der Waals surface area (Å²) in [6.45, 7) is 3.47. The van der Waals surface area contributed by atoms with Gasteiger partial charge in [0, 0.05) is 18.7 Å². The van der Waals surface area contributed by atoms with Crippen LogP contribution in [0.15, 0.2) is 29.2 Å². The van der Waals surface area contributed by atoms with Gasteiger partial charge >= 0.3 is 0 Å². The highest BCUT2D eigenvalue weighted by Crippen LogP contribution is 2.57. The Kier molecular flexibility index (Phi) is 4.59. The molecule has 0 saturated heterocycles. The molecule has 1 atom stereocenters. The minimum absolute atomic E-state index is 0.0370. The molecule has 5 rings (SSSR count). The number of anilines is 1. The van der Waals surface area contributed by atoms with Crippen LogP contribution in [0.3, 0.4) is 0 Å². The summed E-state index contributed by atoms with van der Waals surface area (Å²) in [6.07, 6.45) is 6.55. The molecule has 142 valence electrons. The van der Waals surface area contributed by atoms with Crippen LogP contribution in [0.1, 0.15) is 46.0 Å². The lowest BCUT2D eigenvalue weighted by Crippen LogP contribution is -2.52. The summed E-state index contributed by atoms with van der Waals surface area (Å²) in [5.41, 5.74) is 0.602. The molecular weight excluding hydrogens is 348 g/mol. The lowest BCUT2D eigenvalue weighted by molar-refractivity contribution is -0.114. The van der Waals surface area contributed by atoms with Crippen molar-refractivity contribution in [2.24, 2.45) is 29.6 Å². The van der Waals surface area contributed by atoms with Crippen molar-refractivity contribution in [2.75, 3.05) is 5.32 Å².